The largest absolute Gasteiger partial charge is 0.573 e. The highest BCUT2D eigenvalue weighted by molar-refractivity contribution is 7.88. The number of benzene rings is 3. The number of ether oxygens (including phenoxy) is 2. The quantitative estimate of drug-likeness (QED) is 0.293. The number of carbonyl (C=O) groups is 3. The summed E-state index contributed by atoms with van der Waals surface area (Å²) in [5.74, 6) is -1.46. The molecule has 5 rings (SSSR count). The maximum atomic E-state index is 13.3. The molecular formula is C35H40F3N5O7S. The fourth-order valence-corrected chi connectivity index (χ4v) is 6.47. The molecule has 0 radical (unpaired) electrons. The molecule has 1 atom stereocenters. The van der Waals surface area contributed by atoms with E-state index in [1.165, 1.54) is 51.9 Å². The Labute approximate surface area is 294 Å². The van der Waals surface area contributed by atoms with Gasteiger partial charge in [0.05, 0.1) is 6.26 Å². The first kappa shape index (κ1) is 37.6. The minimum absolute atomic E-state index is 0.0167. The van der Waals surface area contributed by atoms with Gasteiger partial charge < -0.3 is 20.1 Å². The van der Waals surface area contributed by atoms with Crippen LogP contribution in [0.1, 0.15) is 43.1 Å². The third-order valence-electron chi connectivity index (χ3n) is 8.30. The molecular weight excluding hydrogens is 691 g/mol. The van der Waals surface area contributed by atoms with Crippen LogP contribution in [-0.4, -0.2) is 97.4 Å². The second-order valence-corrected chi connectivity index (χ2v) is 15.4. The number of rotatable bonds is 9. The summed E-state index contributed by atoms with van der Waals surface area (Å²) < 4.78 is 74.5. The van der Waals surface area contributed by atoms with E-state index < -0.39 is 51.7 Å². The molecule has 2 aliphatic rings. The van der Waals surface area contributed by atoms with E-state index in [2.05, 4.69) is 20.3 Å². The molecule has 0 saturated carbocycles. The summed E-state index contributed by atoms with van der Waals surface area (Å²) in [6.07, 6.45) is -4.02. The van der Waals surface area contributed by atoms with E-state index in [1.807, 2.05) is 12.1 Å². The summed E-state index contributed by atoms with van der Waals surface area (Å²) in [6.45, 7) is 8.17. The number of nitrogens with zero attached hydrogens (tertiary/aromatic N) is 3. The van der Waals surface area contributed by atoms with Gasteiger partial charge in [-0.25, -0.2) is 13.2 Å². The number of hydrogen-bond donors (Lipinski definition) is 2. The lowest BCUT2D eigenvalue weighted by Crippen LogP contribution is -2.57. The molecule has 0 bridgehead atoms. The van der Waals surface area contributed by atoms with Crippen LogP contribution in [0, 0.1) is 0 Å². The van der Waals surface area contributed by atoms with Crippen molar-refractivity contribution in [2.24, 2.45) is 0 Å². The van der Waals surface area contributed by atoms with Crippen molar-refractivity contribution in [3.63, 3.8) is 0 Å². The monoisotopic (exact) mass is 731 g/mol. The zero-order chi connectivity index (χ0) is 37.1. The van der Waals surface area contributed by atoms with Crippen LogP contribution < -0.4 is 15.4 Å². The van der Waals surface area contributed by atoms with Crippen LogP contribution in [0.5, 0.6) is 5.75 Å². The third-order valence-corrected chi connectivity index (χ3v) is 9.60. The Morgan fingerprint density at radius 2 is 1.47 bits per heavy atom. The van der Waals surface area contributed by atoms with Gasteiger partial charge in [-0.05, 0) is 80.8 Å². The van der Waals surface area contributed by atoms with E-state index in [9.17, 15) is 36.0 Å². The SMILES string of the molecule is CC(C)(C)OC(=O)N1CCC1C(=O)Nc1ccc(OC(F)(F)F)c(-c2ccc(C(=O)Nc3ccc(CN4CCN(S(C)(=O)=O)CC4)cc3)cc2)c1. The number of piperazine rings is 1. The Hall–Kier alpha value is -4.67. The molecule has 3 aromatic carbocycles. The Balaban J connectivity index is 1.23. The topological polar surface area (TPSA) is 138 Å². The summed E-state index contributed by atoms with van der Waals surface area (Å²) in [7, 11) is -3.21. The van der Waals surface area contributed by atoms with E-state index in [0.29, 0.717) is 56.9 Å². The van der Waals surface area contributed by atoms with Gasteiger partial charge in [-0.1, -0.05) is 24.3 Å². The lowest BCUT2D eigenvalue weighted by molar-refractivity contribution is -0.274. The van der Waals surface area contributed by atoms with Crippen molar-refractivity contribution in [2.45, 2.75) is 51.7 Å². The van der Waals surface area contributed by atoms with Crippen LogP contribution in [0.25, 0.3) is 11.1 Å². The zero-order valence-corrected chi connectivity index (χ0v) is 29.4. The Morgan fingerprint density at radius 3 is 2.02 bits per heavy atom. The van der Waals surface area contributed by atoms with Gasteiger partial charge in [-0.2, -0.15) is 4.31 Å². The first-order valence-electron chi connectivity index (χ1n) is 16.2. The van der Waals surface area contributed by atoms with Gasteiger partial charge in [-0.15, -0.1) is 13.2 Å². The van der Waals surface area contributed by atoms with Gasteiger partial charge in [0.15, 0.2) is 0 Å². The maximum absolute atomic E-state index is 13.3. The lowest BCUT2D eigenvalue weighted by atomic mass is 10.0. The van der Waals surface area contributed by atoms with E-state index >= 15 is 0 Å². The van der Waals surface area contributed by atoms with Crippen LogP contribution >= 0.6 is 0 Å². The molecule has 2 heterocycles. The molecule has 16 heteroatoms. The number of anilines is 2. The molecule has 12 nitrogen and oxygen atoms in total. The number of likely N-dealkylation sites (tertiary alicyclic amines) is 1. The predicted octanol–water partition coefficient (Wildman–Crippen LogP) is 5.53. The van der Waals surface area contributed by atoms with Gasteiger partial charge in [0.1, 0.15) is 17.4 Å². The molecule has 2 saturated heterocycles. The van der Waals surface area contributed by atoms with Crippen molar-refractivity contribution in [3.8, 4) is 16.9 Å². The minimum atomic E-state index is -4.98. The summed E-state index contributed by atoms with van der Waals surface area (Å²) in [6, 6.07) is 16.0. The highest BCUT2D eigenvalue weighted by atomic mass is 32.2. The average molecular weight is 732 g/mol. The number of nitrogens with one attached hydrogen (secondary N) is 2. The molecule has 0 aromatic heterocycles. The molecule has 3 amide bonds. The molecule has 51 heavy (non-hydrogen) atoms. The van der Waals surface area contributed by atoms with Gasteiger partial charge in [-0.3, -0.25) is 19.4 Å². The van der Waals surface area contributed by atoms with Crippen LogP contribution in [0.15, 0.2) is 66.7 Å². The molecule has 3 aromatic rings. The summed E-state index contributed by atoms with van der Waals surface area (Å²) in [4.78, 5) is 41.9. The van der Waals surface area contributed by atoms with Crippen molar-refractivity contribution >= 4 is 39.3 Å². The Kier molecular flexibility index (Phi) is 11.0. The molecule has 2 aliphatic heterocycles. The normalized spacial score (nSPS) is 17.3. The standard InChI is InChI=1S/C35H40F3N5O7S/c1-34(2,3)50-33(46)43-16-15-29(43)32(45)40-27-13-14-30(49-35(36,37)38)28(21-27)24-7-9-25(10-8-24)31(44)39-26-11-5-23(6-12-26)22-41-17-19-42(20-18-41)51(4,47)48/h5-14,21,29H,15-20,22H2,1-4H3,(H,39,44)(H,40,45). The number of alkyl halides is 3. The minimum Gasteiger partial charge on any atom is -0.444 e. The van der Waals surface area contributed by atoms with E-state index in [0.717, 1.165) is 11.6 Å². The highest BCUT2D eigenvalue weighted by Gasteiger charge is 2.40. The third kappa shape index (κ3) is 10.2. The Bertz CT molecular complexity index is 1860. The fourth-order valence-electron chi connectivity index (χ4n) is 5.65. The van der Waals surface area contributed by atoms with Crippen molar-refractivity contribution in [3.05, 3.63) is 77.9 Å². The molecule has 274 valence electrons. The molecule has 0 spiro atoms. The number of hydrogen-bond acceptors (Lipinski definition) is 8. The number of halogens is 3. The first-order chi connectivity index (χ1) is 23.8. The average Bonchev–Trinajstić information content (AvgIpc) is 3.00. The fraction of sp³-hybridized carbons (Fsp3) is 0.400. The van der Waals surface area contributed by atoms with Crippen LogP contribution in [0.4, 0.5) is 29.3 Å². The van der Waals surface area contributed by atoms with Crippen molar-refractivity contribution < 1.29 is 45.4 Å². The predicted molar refractivity (Wildman–Crippen MR) is 185 cm³/mol. The molecule has 2 fully saturated rings. The second-order valence-electron chi connectivity index (χ2n) is 13.4. The summed E-state index contributed by atoms with van der Waals surface area (Å²) >= 11 is 0. The summed E-state index contributed by atoms with van der Waals surface area (Å²) in [5, 5.41) is 5.47. The van der Waals surface area contributed by atoms with Crippen LogP contribution in [0.2, 0.25) is 0 Å². The van der Waals surface area contributed by atoms with Gasteiger partial charge in [0.2, 0.25) is 15.9 Å². The van der Waals surface area contributed by atoms with Crippen molar-refractivity contribution in [2.75, 3.05) is 49.6 Å². The smallest absolute Gasteiger partial charge is 0.444 e. The zero-order valence-electron chi connectivity index (χ0n) is 28.6. The van der Waals surface area contributed by atoms with Crippen LogP contribution in [0.3, 0.4) is 0 Å². The number of amides is 3. The van der Waals surface area contributed by atoms with Crippen molar-refractivity contribution in [1.29, 1.82) is 0 Å². The van der Waals surface area contributed by atoms with Crippen LogP contribution in [-0.2, 0) is 26.1 Å². The van der Waals surface area contributed by atoms with E-state index in [-0.39, 0.29) is 16.8 Å². The second kappa shape index (κ2) is 14.9. The summed E-state index contributed by atoms with van der Waals surface area (Å²) in [5.41, 5.74) is 1.53. The van der Waals surface area contributed by atoms with Gasteiger partial charge >= 0.3 is 12.5 Å². The van der Waals surface area contributed by atoms with E-state index in [1.54, 1.807) is 32.9 Å². The molecule has 1 unspecified atom stereocenters. The van der Waals surface area contributed by atoms with Crippen molar-refractivity contribution in [1.82, 2.24) is 14.1 Å². The number of sulfonamides is 1. The highest BCUT2D eigenvalue weighted by Crippen LogP contribution is 2.36. The number of carbonyl (C=O) groups excluding carboxylic acids is 3. The maximum Gasteiger partial charge on any atom is 0.573 e. The molecule has 0 aliphatic carbocycles. The lowest BCUT2D eigenvalue weighted by Gasteiger charge is -2.40. The van der Waals surface area contributed by atoms with Gasteiger partial charge in [0.25, 0.3) is 5.91 Å². The molecule has 2 N–H and O–H groups in total. The Morgan fingerprint density at radius 1 is 0.843 bits per heavy atom. The first-order valence-corrected chi connectivity index (χ1v) is 18.1. The van der Waals surface area contributed by atoms with E-state index in [4.69, 9.17) is 4.74 Å². The van der Waals surface area contributed by atoms with Gasteiger partial charge in [0, 0.05) is 61.8 Å².